The van der Waals surface area contributed by atoms with Crippen LogP contribution in [0.2, 0.25) is 0 Å². The van der Waals surface area contributed by atoms with Crippen LogP contribution in [0.5, 0.6) is 0 Å². The zero-order chi connectivity index (χ0) is 13.1. The third-order valence-electron chi connectivity index (χ3n) is 3.92. The van der Waals surface area contributed by atoms with Gasteiger partial charge in [-0.1, -0.05) is 45.4 Å². The van der Waals surface area contributed by atoms with E-state index in [9.17, 15) is 4.79 Å². The molecule has 1 aliphatic heterocycles. The van der Waals surface area contributed by atoms with Crippen molar-refractivity contribution < 1.29 is 9.53 Å². The number of ketones is 1. The molecule has 0 aromatic heterocycles. The predicted molar refractivity (Wildman–Crippen MR) is 75.8 cm³/mol. The molecule has 1 heterocycles. The summed E-state index contributed by atoms with van der Waals surface area (Å²) in [4.78, 5) is 11.8. The fourth-order valence-corrected chi connectivity index (χ4v) is 2.65. The van der Waals surface area contributed by atoms with E-state index < -0.39 is 0 Å². The zero-order valence-corrected chi connectivity index (χ0v) is 12.1. The normalized spacial score (nSPS) is 16.9. The van der Waals surface area contributed by atoms with Crippen LogP contribution < -0.4 is 0 Å². The van der Waals surface area contributed by atoms with Gasteiger partial charge in [-0.05, 0) is 25.2 Å². The van der Waals surface area contributed by atoms with Crippen LogP contribution in [0.1, 0.15) is 77.6 Å². The fourth-order valence-electron chi connectivity index (χ4n) is 2.65. The van der Waals surface area contributed by atoms with Crippen LogP contribution in [0, 0.1) is 5.92 Å². The maximum Gasteiger partial charge on any atom is 0.133 e. The van der Waals surface area contributed by atoms with Gasteiger partial charge in [-0.2, -0.15) is 0 Å². The lowest BCUT2D eigenvalue weighted by atomic mass is 9.92. The van der Waals surface area contributed by atoms with Crippen LogP contribution in [0.25, 0.3) is 0 Å². The van der Waals surface area contributed by atoms with E-state index in [1.165, 1.54) is 38.5 Å². The summed E-state index contributed by atoms with van der Waals surface area (Å²) in [6.07, 6.45) is 12.8. The van der Waals surface area contributed by atoms with Gasteiger partial charge in [0.15, 0.2) is 0 Å². The minimum atomic E-state index is 0.482. The molecule has 0 bridgehead atoms. The van der Waals surface area contributed by atoms with Gasteiger partial charge in [0.1, 0.15) is 5.78 Å². The molecule has 0 radical (unpaired) electrons. The predicted octanol–water partition coefficient (Wildman–Crippen LogP) is 4.51. The largest absolute Gasteiger partial charge is 0.381 e. The van der Waals surface area contributed by atoms with Crippen molar-refractivity contribution in [2.45, 2.75) is 77.6 Å². The van der Waals surface area contributed by atoms with Gasteiger partial charge >= 0.3 is 0 Å². The lowest BCUT2D eigenvalue weighted by Gasteiger charge is -2.21. The lowest BCUT2D eigenvalue weighted by molar-refractivity contribution is -0.120. The molecule has 0 spiro atoms. The lowest BCUT2D eigenvalue weighted by Crippen LogP contribution is -2.18. The van der Waals surface area contributed by atoms with Crippen molar-refractivity contribution in [3.8, 4) is 0 Å². The molecule has 0 amide bonds. The number of carbonyl (C=O) groups is 1. The molecule has 0 aliphatic carbocycles. The van der Waals surface area contributed by atoms with Crippen LogP contribution in [-0.2, 0) is 9.53 Å². The van der Waals surface area contributed by atoms with E-state index in [0.717, 1.165) is 45.3 Å². The molecule has 2 nitrogen and oxygen atoms in total. The Morgan fingerprint density at radius 3 is 2.28 bits per heavy atom. The molecule has 0 atom stereocenters. The third-order valence-corrected chi connectivity index (χ3v) is 3.92. The summed E-state index contributed by atoms with van der Waals surface area (Å²) in [6, 6.07) is 0. The summed E-state index contributed by atoms with van der Waals surface area (Å²) in [7, 11) is 0. The first kappa shape index (κ1) is 15.7. The highest BCUT2D eigenvalue weighted by Gasteiger charge is 2.16. The topological polar surface area (TPSA) is 26.3 Å². The summed E-state index contributed by atoms with van der Waals surface area (Å²) < 4.78 is 5.32. The van der Waals surface area contributed by atoms with Crippen molar-refractivity contribution in [2.24, 2.45) is 5.92 Å². The Balaban J connectivity index is 1.90. The first-order valence-electron chi connectivity index (χ1n) is 7.92. The van der Waals surface area contributed by atoms with Crippen LogP contribution in [-0.4, -0.2) is 19.0 Å². The van der Waals surface area contributed by atoms with Crippen LogP contribution in [0.4, 0.5) is 0 Å². The first-order chi connectivity index (χ1) is 8.83. The van der Waals surface area contributed by atoms with Crippen molar-refractivity contribution in [3.05, 3.63) is 0 Å². The maximum atomic E-state index is 11.8. The summed E-state index contributed by atoms with van der Waals surface area (Å²) in [5, 5.41) is 0. The quantitative estimate of drug-likeness (QED) is 0.536. The molecule has 0 N–H and O–H groups in total. The van der Waals surface area contributed by atoms with E-state index in [0.29, 0.717) is 11.7 Å². The fraction of sp³-hybridized carbons (Fsp3) is 0.938. The highest BCUT2D eigenvalue weighted by Crippen LogP contribution is 2.20. The zero-order valence-electron chi connectivity index (χ0n) is 12.1. The van der Waals surface area contributed by atoms with Crippen molar-refractivity contribution >= 4 is 5.78 Å². The molecular formula is C16H30O2. The second-order valence-electron chi connectivity index (χ2n) is 5.67. The van der Waals surface area contributed by atoms with Gasteiger partial charge in [-0.25, -0.2) is 0 Å². The van der Waals surface area contributed by atoms with Gasteiger partial charge in [0.2, 0.25) is 0 Å². The third kappa shape index (κ3) is 7.86. The summed E-state index contributed by atoms with van der Waals surface area (Å²) >= 11 is 0. The second kappa shape index (κ2) is 10.5. The molecule has 1 fully saturated rings. The molecule has 0 saturated carbocycles. The minimum Gasteiger partial charge on any atom is -0.381 e. The van der Waals surface area contributed by atoms with Crippen LogP contribution >= 0.6 is 0 Å². The van der Waals surface area contributed by atoms with E-state index in [4.69, 9.17) is 4.74 Å². The highest BCUT2D eigenvalue weighted by atomic mass is 16.5. The van der Waals surface area contributed by atoms with Crippen molar-refractivity contribution in [2.75, 3.05) is 13.2 Å². The van der Waals surface area contributed by atoms with Crippen LogP contribution in [0.15, 0.2) is 0 Å². The number of carbonyl (C=O) groups excluding carboxylic acids is 1. The molecule has 2 heteroatoms. The van der Waals surface area contributed by atoms with Crippen molar-refractivity contribution in [3.63, 3.8) is 0 Å². The number of hydrogen-bond acceptors (Lipinski definition) is 2. The Bertz CT molecular complexity index is 207. The molecular weight excluding hydrogens is 224 g/mol. The minimum absolute atomic E-state index is 0.482. The standard InChI is InChI=1S/C16H30O2/c1-2-3-4-5-6-7-8-9-16(17)14-15-10-12-18-13-11-15/h15H,2-14H2,1H3. The van der Waals surface area contributed by atoms with Crippen molar-refractivity contribution in [1.29, 1.82) is 0 Å². The SMILES string of the molecule is CCCCCCCCCC(=O)CC1CCOCC1. The van der Waals surface area contributed by atoms with Gasteiger partial charge in [-0.15, -0.1) is 0 Å². The second-order valence-corrected chi connectivity index (χ2v) is 5.67. The maximum absolute atomic E-state index is 11.8. The average Bonchev–Trinajstić information content (AvgIpc) is 2.39. The summed E-state index contributed by atoms with van der Waals surface area (Å²) in [6.45, 7) is 3.96. The number of unbranched alkanes of at least 4 members (excludes halogenated alkanes) is 6. The molecule has 18 heavy (non-hydrogen) atoms. The van der Waals surface area contributed by atoms with E-state index in [1.807, 2.05) is 0 Å². The molecule has 1 aliphatic rings. The average molecular weight is 254 g/mol. The number of Topliss-reactive ketones (excluding diaryl/α,β-unsaturated/α-hetero) is 1. The Morgan fingerprint density at radius 1 is 1.00 bits per heavy atom. The van der Waals surface area contributed by atoms with Gasteiger partial charge in [0, 0.05) is 26.1 Å². The Kier molecular flexibility index (Phi) is 9.19. The first-order valence-corrected chi connectivity index (χ1v) is 7.92. The number of ether oxygens (including phenoxy) is 1. The summed E-state index contributed by atoms with van der Waals surface area (Å²) in [5.41, 5.74) is 0. The molecule has 0 aromatic carbocycles. The highest BCUT2D eigenvalue weighted by molar-refractivity contribution is 5.78. The summed E-state index contributed by atoms with van der Waals surface area (Å²) in [5.74, 6) is 1.09. The Morgan fingerprint density at radius 2 is 1.61 bits per heavy atom. The number of rotatable bonds is 10. The van der Waals surface area contributed by atoms with Gasteiger partial charge in [0.05, 0.1) is 0 Å². The van der Waals surface area contributed by atoms with E-state index in [-0.39, 0.29) is 0 Å². The van der Waals surface area contributed by atoms with Crippen molar-refractivity contribution in [1.82, 2.24) is 0 Å². The van der Waals surface area contributed by atoms with Gasteiger partial charge in [-0.3, -0.25) is 4.79 Å². The van der Waals surface area contributed by atoms with Crippen LogP contribution in [0.3, 0.4) is 0 Å². The number of hydrogen-bond donors (Lipinski definition) is 0. The van der Waals surface area contributed by atoms with E-state index >= 15 is 0 Å². The molecule has 0 aromatic rings. The Labute approximate surface area is 112 Å². The molecule has 106 valence electrons. The molecule has 1 rings (SSSR count). The Hall–Kier alpha value is -0.370. The van der Waals surface area contributed by atoms with E-state index in [2.05, 4.69) is 6.92 Å². The van der Waals surface area contributed by atoms with Gasteiger partial charge in [0.25, 0.3) is 0 Å². The van der Waals surface area contributed by atoms with Gasteiger partial charge < -0.3 is 4.74 Å². The molecule has 0 unspecified atom stereocenters. The monoisotopic (exact) mass is 254 g/mol. The van der Waals surface area contributed by atoms with E-state index in [1.54, 1.807) is 0 Å². The molecule has 1 saturated heterocycles. The smallest absolute Gasteiger partial charge is 0.133 e.